The summed E-state index contributed by atoms with van der Waals surface area (Å²) >= 11 is 1.55. The van der Waals surface area contributed by atoms with E-state index in [-0.39, 0.29) is 11.2 Å². The van der Waals surface area contributed by atoms with Crippen molar-refractivity contribution >= 4 is 17.7 Å². The van der Waals surface area contributed by atoms with Crippen molar-refractivity contribution in [1.82, 2.24) is 0 Å². The fourth-order valence-corrected chi connectivity index (χ4v) is 4.86. The number of allylic oxidation sites excluding steroid dienone is 1. The lowest BCUT2D eigenvalue weighted by Gasteiger charge is -2.24. The van der Waals surface area contributed by atoms with E-state index in [0.29, 0.717) is 37.2 Å². The highest BCUT2D eigenvalue weighted by atomic mass is 32.2. The zero-order chi connectivity index (χ0) is 19.5. The van der Waals surface area contributed by atoms with Crippen LogP contribution in [0.1, 0.15) is 51.9 Å². The van der Waals surface area contributed by atoms with Crippen LogP contribution in [0, 0.1) is 5.92 Å². The van der Waals surface area contributed by atoms with Crippen molar-refractivity contribution in [2.75, 3.05) is 19.5 Å². The third kappa shape index (κ3) is 8.39. The van der Waals surface area contributed by atoms with Crippen molar-refractivity contribution in [3.05, 3.63) is 11.6 Å². The van der Waals surface area contributed by atoms with Gasteiger partial charge in [0, 0.05) is 36.7 Å². The molecule has 0 aromatic rings. The van der Waals surface area contributed by atoms with Gasteiger partial charge in [-0.3, -0.25) is 0 Å². The van der Waals surface area contributed by atoms with Crippen LogP contribution < -0.4 is 0 Å². The van der Waals surface area contributed by atoms with Crippen molar-refractivity contribution in [2.45, 2.75) is 75.4 Å². The summed E-state index contributed by atoms with van der Waals surface area (Å²) < 4.78 is 4.98. The van der Waals surface area contributed by atoms with Crippen LogP contribution in [-0.2, 0) is 9.53 Å². The van der Waals surface area contributed by atoms with E-state index < -0.39 is 24.3 Å². The number of ether oxygens (including phenoxy) is 1. The van der Waals surface area contributed by atoms with Gasteiger partial charge >= 0.3 is 5.97 Å². The minimum absolute atomic E-state index is 0.0192. The molecule has 1 aliphatic carbocycles. The number of carbonyl (C=O) groups is 1. The third-order valence-electron chi connectivity index (χ3n) is 4.92. The van der Waals surface area contributed by atoms with Crippen molar-refractivity contribution in [3.63, 3.8) is 0 Å². The zero-order valence-corrected chi connectivity index (χ0v) is 16.7. The first-order chi connectivity index (χ1) is 12.4. The molecular formula is C19H34O6S. The van der Waals surface area contributed by atoms with E-state index in [4.69, 9.17) is 9.84 Å². The molecule has 0 heterocycles. The molecule has 0 aromatic heterocycles. The number of hydrogen-bond acceptors (Lipinski definition) is 6. The van der Waals surface area contributed by atoms with Gasteiger partial charge in [0.1, 0.15) is 0 Å². The predicted octanol–water partition coefficient (Wildman–Crippen LogP) is 2.21. The highest BCUT2D eigenvalue weighted by Crippen LogP contribution is 2.39. The topological polar surface area (TPSA) is 107 Å². The maximum absolute atomic E-state index is 10.7. The first kappa shape index (κ1) is 23.4. The highest BCUT2D eigenvalue weighted by Gasteiger charge is 2.41. The van der Waals surface area contributed by atoms with Gasteiger partial charge in [-0.2, -0.15) is 11.8 Å². The Morgan fingerprint density at radius 2 is 2.00 bits per heavy atom. The Bertz CT molecular complexity index is 442. The van der Waals surface area contributed by atoms with Gasteiger partial charge in [0.25, 0.3) is 0 Å². The SMILES string of the molecule is COCCCC(O)CS[C@H]1C(O)CC(O)[C@@H]1CCCCC=C(C)C(=O)O. The van der Waals surface area contributed by atoms with Gasteiger partial charge in [-0.05, 0) is 44.9 Å². The molecule has 6 nitrogen and oxygen atoms in total. The summed E-state index contributed by atoms with van der Waals surface area (Å²) in [6.07, 6.45) is 5.37. The second-order valence-corrected chi connectivity index (χ2v) is 8.31. The minimum atomic E-state index is -0.889. The molecule has 0 bridgehead atoms. The van der Waals surface area contributed by atoms with E-state index in [1.807, 2.05) is 0 Å². The lowest BCUT2D eigenvalue weighted by molar-refractivity contribution is -0.132. The summed E-state index contributed by atoms with van der Waals surface area (Å²) in [4.78, 5) is 10.7. The molecule has 3 unspecified atom stereocenters. The van der Waals surface area contributed by atoms with Crippen molar-refractivity contribution in [3.8, 4) is 0 Å². The molecule has 152 valence electrons. The lowest BCUT2D eigenvalue weighted by atomic mass is 9.97. The number of hydrogen-bond donors (Lipinski definition) is 4. The van der Waals surface area contributed by atoms with E-state index in [0.717, 1.165) is 25.7 Å². The molecule has 0 radical (unpaired) electrons. The number of carboxylic acid groups (broad SMARTS) is 1. The zero-order valence-electron chi connectivity index (χ0n) is 15.8. The van der Waals surface area contributed by atoms with Crippen LogP contribution in [0.5, 0.6) is 0 Å². The van der Waals surface area contributed by atoms with Crippen LogP contribution in [0.2, 0.25) is 0 Å². The highest BCUT2D eigenvalue weighted by molar-refractivity contribution is 8.00. The van der Waals surface area contributed by atoms with Crippen LogP contribution in [0.15, 0.2) is 11.6 Å². The summed E-state index contributed by atoms with van der Waals surface area (Å²) in [5.41, 5.74) is 0.359. The molecule has 0 saturated heterocycles. The normalized spacial score (nSPS) is 27.7. The summed E-state index contributed by atoms with van der Waals surface area (Å²) in [6, 6.07) is 0. The average molecular weight is 391 g/mol. The van der Waals surface area contributed by atoms with E-state index >= 15 is 0 Å². The van der Waals surface area contributed by atoms with Crippen LogP contribution >= 0.6 is 11.8 Å². The number of thioether (sulfide) groups is 1. The maximum Gasteiger partial charge on any atom is 0.330 e. The number of rotatable bonds is 13. The van der Waals surface area contributed by atoms with Gasteiger partial charge in [0.05, 0.1) is 18.3 Å². The number of aliphatic hydroxyl groups excluding tert-OH is 3. The quantitative estimate of drug-likeness (QED) is 0.282. The summed E-state index contributed by atoms with van der Waals surface area (Å²) in [6.45, 7) is 2.22. The van der Waals surface area contributed by atoms with Gasteiger partial charge in [0.15, 0.2) is 0 Å². The second-order valence-electron chi connectivity index (χ2n) is 7.10. The summed E-state index contributed by atoms with van der Waals surface area (Å²) in [5, 5.41) is 39.3. The Labute approximate surface area is 160 Å². The molecule has 1 fully saturated rings. The molecule has 4 N–H and O–H groups in total. The van der Waals surface area contributed by atoms with Gasteiger partial charge < -0.3 is 25.2 Å². The van der Waals surface area contributed by atoms with Gasteiger partial charge in [-0.1, -0.05) is 12.5 Å². The van der Waals surface area contributed by atoms with Gasteiger partial charge in [0.2, 0.25) is 0 Å². The fourth-order valence-electron chi connectivity index (χ4n) is 3.35. The van der Waals surface area contributed by atoms with E-state index in [9.17, 15) is 20.1 Å². The van der Waals surface area contributed by atoms with Crippen LogP contribution in [0.4, 0.5) is 0 Å². The molecule has 7 heteroatoms. The van der Waals surface area contributed by atoms with E-state index in [1.165, 1.54) is 0 Å². The smallest absolute Gasteiger partial charge is 0.330 e. The monoisotopic (exact) mass is 390 g/mol. The largest absolute Gasteiger partial charge is 0.478 e. The van der Waals surface area contributed by atoms with E-state index in [2.05, 4.69) is 0 Å². The minimum Gasteiger partial charge on any atom is -0.478 e. The first-order valence-corrected chi connectivity index (χ1v) is 10.5. The first-order valence-electron chi connectivity index (χ1n) is 9.41. The molecule has 1 rings (SSSR count). The molecule has 0 amide bonds. The Morgan fingerprint density at radius 1 is 1.27 bits per heavy atom. The van der Waals surface area contributed by atoms with E-state index in [1.54, 1.807) is 31.9 Å². The number of carboxylic acids is 1. The Balaban J connectivity index is 2.37. The molecule has 5 atom stereocenters. The average Bonchev–Trinajstić information content (AvgIpc) is 2.85. The van der Waals surface area contributed by atoms with Crippen molar-refractivity contribution < 1.29 is 30.0 Å². The molecule has 0 spiro atoms. The predicted molar refractivity (Wildman–Crippen MR) is 103 cm³/mol. The van der Waals surface area contributed by atoms with Gasteiger partial charge in [-0.15, -0.1) is 0 Å². The molecule has 1 aliphatic rings. The Kier molecular flexibility index (Phi) is 11.5. The number of methoxy groups -OCH3 is 1. The summed E-state index contributed by atoms with van der Waals surface area (Å²) in [7, 11) is 1.64. The van der Waals surface area contributed by atoms with Crippen LogP contribution in [0.3, 0.4) is 0 Å². The molecule has 0 aromatic carbocycles. The Morgan fingerprint density at radius 3 is 2.65 bits per heavy atom. The lowest BCUT2D eigenvalue weighted by Crippen LogP contribution is -2.27. The van der Waals surface area contributed by atoms with Crippen LogP contribution in [0.25, 0.3) is 0 Å². The number of aliphatic carboxylic acids is 1. The number of aliphatic hydroxyl groups is 3. The maximum atomic E-state index is 10.7. The fraction of sp³-hybridized carbons (Fsp3) is 0.842. The third-order valence-corrected chi connectivity index (χ3v) is 6.55. The molecule has 0 aliphatic heterocycles. The molecule has 26 heavy (non-hydrogen) atoms. The Hall–Kier alpha value is -0.600. The van der Waals surface area contributed by atoms with Crippen molar-refractivity contribution in [2.24, 2.45) is 5.92 Å². The van der Waals surface area contributed by atoms with Gasteiger partial charge in [-0.25, -0.2) is 4.79 Å². The molecule has 1 saturated carbocycles. The standard InChI is InChI=1S/C19H34O6S/c1-13(19(23)24)7-4-3-5-9-15-16(21)11-17(22)18(15)26-12-14(20)8-6-10-25-2/h7,14-18,20-22H,3-6,8-12H2,1-2H3,(H,23,24)/t14?,15-,16?,17?,18+/m0/s1. The van der Waals surface area contributed by atoms with Crippen molar-refractivity contribution in [1.29, 1.82) is 0 Å². The number of unbranched alkanes of at least 4 members (excludes halogenated alkanes) is 2. The van der Waals surface area contributed by atoms with Crippen LogP contribution in [-0.4, -0.2) is 69.4 Å². The summed E-state index contributed by atoms with van der Waals surface area (Å²) in [5.74, 6) is -0.319. The molecular weight excluding hydrogens is 356 g/mol. The second kappa shape index (κ2) is 12.7.